The first-order valence-corrected chi connectivity index (χ1v) is 7.00. The average Bonchev–Trinajstić information content (AvgIpc) is 2.71. The predicted molar refractivity (Wildman–Crippen MR) is 72.3 cm³/mol. The number of aryl methyl sites for hydroxylation is 2. The molecule has 1 aliphatic carbocycles. The van der Waals surface area contributed by atoms with Crippen molar-refractivity contribution < 1.29 is 0 Å². The molecule has 2 heteroatoms. The quantitative estimate of drug-likeness (QED) is 0.860. The Morgan fingerprint density at radius 1 is 1.19 bits per heavy atom. The number of nitrogens with one attached hydrogen (secondary N) is 1. The van der Waals surface area contributed by atoms with Gasteiger partial charge in [0.15, 0.2) is 0 Å². The van der Waals surface area contributed by atoms with Crippen LogP contribution >= 0.6 is 11.8 Å². The second-order valence-corrected chi connectivity index (χ2v) is 6.04. The molecule has 1 saturated carbocycles. The molecule has 0 bridgehead atoms. The van der Waals surface area contributed by atoms with Gasteiger partial charge in [-0.15, -0.1) is 11.8 Å². The van der Waals surface area contributed by atoms with Gasteiger partial charge in [0.1, 0.15) is 0 Å². The smallest absolute Gasteiger partial charge is 0.0248 e. The first kappa shape index (κ1) is 12.0. The summed E-state index contributed by atoms with van der Waals surface area (Å²) in [6.45, 7) is 4.37. The van der Waals surface area contributed by atoms with E-state index in [0.29, 0.717) is 6.04 Å². The van der Waals surface area contributed by atoms with Gasteiger partial charge in [0.05, 0.1) is 0 Å². The van der Waals surface area contributed by atoms with Crippen LogP contribution in [0.25, 0.3) is 0 Å². The van der Waals surface area contributed by atoms with Gasteiger partial charge in [0.25, 0.3) is 0 Å². The van der Waals surface area contributed by atoms with E-state index >= 15 is 0 Å². The molecule has 1 nitrogen and oxygen atoms in total. The monoisotopic (exact) mass is 235 g/mol. The molecule has 1 aromatic rings. The third kappa shape index (κ3) is 2.61. The molecule has 0 heterocycles. The highest BCUT2D eigenvalue weighted by Gasteiger charge is 2.26. The summed E-state index contributed by atoms with van der Waals surface area (Å²) < 4.78 is 0. The van der Waals surface area contributed by atoms with Crippen molar-refractivity contribution in [2.24, 2.45) is 0 Å². The van der Waals surface area contributed by atoms with Gasteiger partial charge in [-0.3, -0.25) is 0 Å². The summed E-state index contributed by atoms with van der Waals surface area (Å²) in [7, 11) is 2.09. The zero-order chi connectivity index (χ0) is 11.5. The van der Waals surface area contributed by atoms with E-state index in [-0.39, 0.29) is 0 Å². The van der Waals surface area contributed by atoms with E-state index in [1.165, 1.54) is 35.3 Å². The van der Waals surface area contributed by atoms with Crippen LogP contribution in [0.2, 0.25) is 0 Å². The van der Waals surface area contributed by atoms with Crippen molar-refractivity contribution in [3.05, 3.63) is 29.3 Å². The second-order valence-electron chi connectivity index (χ2n) is 4.73. The third-order valence-corrected chi connectivity index (χ3v) is 4.98. The van der Waals surface area contributed by atoms with E-state index in [1.54, 1.807) is 0 Å². The van der Waals surface area contributed by atoms with Gasteiger partial charge in [-0.05, 0) is 57.0 Å². The average molecular weight is 235 g/mol. The fraction of sp³-hybridized carbons (Fsp3) is 0.571. The molecule has 0 amide bonds. The van der Waals surface area contributed by atoms with Crippen LogP contribution < -0.4 is 5.32 Å². The SMILES string of the molecule is CNC1CCCC1Sc1ccc(C)c(C)c1. The summed E-state index contributed by atoms with van der Waals surface area (Å²) in [5.41, 5.74) is 2.80. The zero-order valence-electron chi connectivity index (χ0n) is 10.4. The van der Waals surface area contributed by atoms with Gasteiger partial charge in [-0.25, -0.2) is 0 Å². The minimum atomic E-state index is 0.701. The molecule has 1 aromatic carbocycles. The van der Waals surface area contributed by atoms with Crippen LogP contribution in [-0.2, 0) is 0 Å². The fourth-order valence-electron chi connectivity index (χ4n) is 2.36. The van der Waals surface area contributed by atoms with Crippen molar-refractivity contribution in [1.29, 1.82) is 0 Å². The molecule has 88 valence electrons. The summed E-state index contributed by atoms with van der Waals surface area (Å²) in [5, 5.41) is 4.20. The van der Waals surface area contributed by atoms with Crippen LogP contribution in [0.1, 0.15) is 30.4 Å². The van der Waals surface area contributed by atoms with Crippen molar-refractivity contribution in [3.8, 4) is 0 Å². The molecule has 0 spiro atoms. The first-order valence-electron chi connectivity index (χ1n) is 6.12. The van der Waals surface area contributed by atoms with Gasteiger partial charge in [0, 0.05) is 16.2 Å². The Kier molecular flexibility index (Phi) is 3.93. The van der Waals surface area contributed by atoms with Crippen LogP contribution in [-0.4, -0.2) is 18.3 Å². The van der Waals surface area contributed by atoms with Crippen LogP contribution in [0, 0.1) is 13.8 Å². The minimum Gasteiger partial charge on any atom is -0.316 e. The lowest BCUT2D eigenvalue weighted by molar-refractivity contribution is 0.591. The number of hydrogen-bond acceptors (Lipinski definition) is 2. The molecule has 2 unspecified atom stereocenters. The molecular weight excluding hydrogens is 214 g/mol. The van der Waals surface area contributed by atoms with Crippen LogP contribution in [0.5, 0.6) is 0 Å². The highest BCUT2D eigenvalue weighted by Crippen LogP contribution is 2.35. The maximum absolute atomic E-state index is 3.44. The Morgan fingerprint density at radius 2 is 2.00 bits per heavy atom. The van der Waals surface area contributed by atoms with Crippen LogP contribution in [0.4, 0.5) is 0 Å². The molecule has 0 radical (unpaired) electrons. The molecule has 1 N–H and O–H groups in total. The van der Waals surface area contributed by atoms with E-state index < -0.39 is 0 Å². The van der Waals surface area contributed by atoms with Gasteiger partial charge < -0.3 is 5.32 Å². The molecule has 16 heavy (non-hydrogen) atoms. The summed E-state index contributed by atoms with van der Waals surface area (Å²) >= 11 is 2.04. The van der Waals surface area contributed by atoms with E-state index in [4.69, 9.17) is 0 Å². The third-order valence-electron chi connectivity index (χ3n) is 3.59. The number of rotatable bonds is 3. The molecule has 2 rings (SSSR count). The lowest BCUT2D eigenvalue weighted by Gasteiger charge is -2.18. The van der Waals surface area contributed by atoms with Gasteiger partial charge in [-0.2, -0.15) is 0 Å². The number of thioether (sulfide) groups is 1. The van der Waals surface area contributed by atoms with E-state index in [0.717, 1.165) is 5.25 Å². The standard InChI is InChI=1S/C14H21NS/c1-10-7-8-12(9-11(10)2)16-14-6-4-5-13(14)15-3/h7-9,13-15H,4-6H2,1-3H3. The summed E-state index contributed by atoms with van der Waals surface area (Å²) in [6.07, 6.45) is 4.05. The second kappa shape index (κ2) is 5.24. The molecule has 0 aromatic heterocycles. The Morgan fingerprint density at radius 3 is 2.69 bits per heavy atom. The molecule has 0 saturated heterocycles. The van der Waals surface area contributed by atoms with Crippen molar-refractivity contribution in [1.82, 2.24) is 5.32 Å². The fourth-order valence-corrected chi connectivity index (χ4v) is 3.82. The molecule has 2 atom stereocenters. The highest BCUT2D eigenvalue weighted by atomic mass is 32.2. The summed E-state index contributed by atoms with van der Waals surface area (Å²) in [4.78, 5) is 1.43. The minimum absolute atomic E-state index is 0.701. The van der Waals surface area contributed by atoms with Crippen molar-refractivity contribution in [2.75, 3.05) is 7.05 Å². The number of benzene rings is 1. The summed E-state index contributed by atoms with van der Waals surface area (Å²) in [5.74, 6) is 0. The topological polar surface area (TPSA) is 12.0 Å². The van der Waals surface area contributed by atoms with Gasteiger partial charge in [0.2, 0.25) is 0 Å². The summed E-state index contributed by atoms with van der Waals surface area (Å²) in [6, 6.07) is 7.52. The van der Waals surface area contributed by atoms with E-state index in [9.17, 15) is 0 Å². The van der Waals surface area contributed by atoms with E-state index in [1.807, 2.05) is 11.8 Å². The molecular formula is C14H21NS. The molecule has 0 aliphatic heterocycles. The number of hydrogen-bond donors (Lipinski definition) is 1. The molecule has 1 fully saturated rings. The zero-order valence-corrected chi connectivity index (χ0v) is 11.2. The Bertz CT molecular complexity index is 362. The normalized spacial score (nSPS) is 24.9. The van der Waals surface area contributed by atoms with Gasteiger partial charge >= 0.3 is 0 Å². The lowest BCUT2D eigenvalue weighted by Crippen LogP contribution is -2.30. The Labute approximate surface area is 103 Å². The lowest BCUT2D eigenvalue weighted by atomic mass is 10.1. The van der Waals surface area contributed by atoms with Crippen molar-refractivity contribution in [3.63, 3.8) is 0 Å². The van der Waals surface area contributed by atoms with E-state index in [2.05, 4.69) is 44.4 Å². The largest absolute Gasteiger partial charge is 0.316 e. The maximum atomic E-state index is 3.44. The maximum Gasteiger partial charge on any atom is 0.0248 e. The van der Waals surface area contributed by atoms with Crippen LogP contribution in [0.15, 0.2) is 23.1 Å². The predicted octanol–water partition coefficient (Wildman–Crippen LogP) is 3.54. The van der Waals surface area contributed by atoms with Gasteiger partial charge in [-0.1, -0.05) is 12.5 Å². The highest BCUT2D eigenvalue weighted by molar-refractivity contribution is 8.00. The van der Waals surface area contributed by atoms with Crippen molar-refractivity contribution >= 4 is 11.8 Å². The van der Waals surface area contributed by atoms with Crippen LogP contribution in [0.3, 0.4) is 0 Å². The van der Waals surface area contributed by atoms with Crippen molar-refractivity contribution in [2.45, 2.75) is 49.3 Å². The Balaban J connectivity index is 2.05. The first-order chi connectivity index (χ1) is 7.70. The Hall–Kier alpha value is -0.470. The molecule has 1 aliphatic rings.